The van der Waals surface area contributed by atoms with Crippen LogP contribution in [-0.2, 0) is 9.53 Å². The van der Waals surface area contributed by atoms with E-state index in [0.29, 0.717) is 5.69 Å². The molecule has 0 radical (unpaired) electrons. The van der Waals surface area contributed by atoms with Gasteiger partial charge < -0.3 is 21.1 Å². The van der Waals surface area contributed by atoms with E-state index >= 15 is 0 Å². The topological polar surface area (TPSA) is 76.4 Å². The van der Waals surface area contributed by atoms with Crippen molar-refractivity contribution in [2.45, 2.75) is 6.92 Å². The van der Waals surface area contributed by atoms with Crippen molar-refractivity contribution in [3.8, 4) is 0 Å². The molecule has 1 rings (SSSR count). The molecule has 0 aliphatic rings. The smallest absolute Gasteiger partial charge is 0.250 e. The number of methoxy groups -OCH3 is 1. The first-order valence-electron chi connectivity index (χ1n) is 4.99. The van der Waals surface area contributed by atoms with Gasteiger partial charge in [-0.1, -0.05) is 6.07 Å². The third-order valence-electron chi connectivity index (χ3n) is 2.05. The molecule has 5 nitrogen and oxygen atoms in total. The number of carbonyl (C=O) groups excluding carboxylic acids is 1. The van der Waals surface area contributed by atoms with Gasteiger partial charge in [0.2, 0.25) is 5.91 Å². The van der Waals surface area contributed by atoms with Crippen molar-refractivity contribution in [1.82, 2.24) is 0 Å². The van der Waals surface area contributed by atoms with E-state index < -0.39 is 0 Å². The first-order chi connectivity index (χ1) is 8.02. The molecule has 1 aromatic carbocycles. The molecule has 0 unspecified atom stereocenters. The number of anilines is 2. The summed E-state index contributed by atoms with van der Waals surface area (Å²) >= 11 is 4.77. The number of hydrogen-bond donors (Lipinski definition) is 3. The average molecular weight is 253 g/mol. The van der Waals surface area contributed by atoms with E-state index in [2.05, 4.69) is 10.6 Å². The highest BCUT2D eigenvalue weighted by molar-refractivity contribution is 7.80. The van der Waals surface area contributed by atoms with Gasteiger partial charge in [-0.15, -0.1) is 0 Å². The largest absolute Gasteiger partial charge is 0.376 e. The zero-order chi connectivity index (χ0) is 12.8. The second-order valence-corrected chi connectivity index (χ2v) is 3.94. The maximum absolute atomic E-state index is 11.3. The molecule has 0 saturated heterocycles. The van der Waals surface area contributed by atoms with E-state index in [4.69, 9.17) is 22.7 Å². The van der Waals surface area contributed by atoms with Crippen LogP contribution >= 0.6 is 12.2 Å². The van der Waals surface area contributed by atoms with Crippen molar-refractivity contribution in [3.63, 3.8) is 0 Å². The number of carbonyl (C=O) groups is 1. The van der Waals surface area contributed by atoms with Crippen molar-refractivity contribution in [3.05, 3.63) is 23.8 Å². The summed E-state index contributed by atoms with van der Waals surface area (Å²) in [6, 6.07) is 5.43. The van der Waals surface area contributed by atoms with Crippen molar-refractivity contribution < 1.29 is 9.53 Å². The SMILES string of the molecule is COCC(=O)Nc1ccc(C)c(NC(N)=S)c1. The van der Waals surface area contributed by atoms with Crippen molar-refractivity contribution in [2.75, 3.05) is 24.4 Å². The van der Waals surface area contributed by atoms with Crippen LogP contribution in [0.4, 0.5) is 11.4 Å². The molecule has 1 aromatic rings. The van der Waals surface area contributed by atoms with Crippen LogP contribution < -0.4 is 16.4 Å². The van der Waals surface area contributed by atoms with E-state index in [1.807, 2.05) is 13.0 Å². The minimum atomic E-state index is -0.211. The highest BCUT2D eigenvalue weighted by Gasteiger charge is 2.04. The maximum Gasteiger partial charge on any atom is 0.250 e. The average Bonchev–Trinajstić information content (AvgIpc) is 2.22. The molecule has 0 aromatic heterocycles. The highest BCUT2D eigenvalue weighted by Crippen LogP contribution is 2.20. The van der Waals surface area contributed by atoms with Crippen LogP contribution in [0.3, 0.4) is 0 Å². The van der Waals surface area contributed by atoms with Crippen molar-refractivity contribution >= 4 is 34.6 Å². The Kier molecular flexibility index (Phi) is 4.86. The Labute approximate surface area is 105 Å². The zero-order valence-corrected chi connectivity index (χ0v) is 10.6. The molecule has 0 aliphatic carbocycles. The molecule has 1 amide bonds. The molecule has 0 atom stereocenters. The molecule has 17 heavy (non-hydrogen) atoms. The van der Waals surface area contributed by atoms with E-state index in [1.54, 1.807) is 12.1 Å². The molecule has 0 spiro atoms. The summed E-state index contributed by atoms with van der Waals surface area (Å²) in [5, 5.41) is 5.73. The van der Waals surface area contributed by atoms with Crippen LogP contribution in [0.2, 0.25) is 0 Å². The number of nitrogens with one attached hydrogen (secondary N) is 2. The molecule has 0 bridgehead atoms. The number of amides is 1. The quantitative estimate of drug-likeness (QED) is 0.704. The third kappa shape index (κ3) is 4.38. The molecular formula is C11H15N3O2S. The highest BCUT2D eigenvalue weighted by atomic mass is 32.1. The molecule has 0 aliphatic heterocycles. The van der Waals surface area contributed by atoms with E-state index in [1.165, 1.54) is 7.11 Å². The molecule has 0 fully saturated rings. The first-order valence-corrected chi connectivity index (χ1v) is 5.39. The Bertz CT molecular complexity index is 435. The number of benzene rings is 1. The minimum absolute atomic E-state index is 0.0198. The Balaban J connectivity index is 2.81. The maximum atomic E-state index is 11.3. The van der Waals surface area contributed by atoms with Gasteiger partial charge in [-0.3, -0.25) is 4.79 Å². The second-order valence-electron chi connectivity index (χ2n) is 3.50. The summed E-state index contributed by atoms with van der Waals surface area (Å²) in [4.78, 5) is 11.3. The normalized spacial score (nSPS) is 9.76. The summed E-state index contributed by atoms with van der Waals surface area (Å²) in [7, 11) is 1.47. The van der Waals surface area contributed by atoms with Crippen LogP contribution in [0.1, 0.15) is 5.56 Å². The molecule has 4 N–H and O–H groups in total. The minimum Gasteiger partial charge on any atom is -0.376 e. The number of rotatable bonds is 4. The summed E-state index contributed by atoms with van der Waals surface area (Å²) in [5.41, 5.74) is 7.83. The van der Waals surface area contributed by atoms with Gasteiger partial charge >= 0.3 is 0 Å². The summed E-state index contributed by atoms with van der Waals surface area (Å²) in [6.07, 6.45) is 0. The molecule has 0 heterocycles. The zero-order valence-electron chi connectivity index (χ0n) is 9.74. The Morgan fingerprint density at radius 2 is 2.18 bits per heavy atom. The van der Waals surface area contributed by atoms with Gasteiger partial charge in [0.15, 0.2) is 5.11 Å². The number of nitrogens with two attached hydrogens (primary N) is 1. The number of hydrogen-bond acceptors (Lipinski definition) is 3. The fraction of sp³-hybridized carbons (Fsp3) is 0.273. The Morgan fingerprint density at radius 3 is 2.76 bits per heavy atom. The van der Waals surface area contributed by atoms with Crippen molar-refractivity contribution in [1.29, 1.82) is 0 Å². The van der Waals surface area contributed by atoms with Crippen LogP contribution in [0.5, 0.6) is 0 Å². The lowest BCUT2D eigenvalue weighted by Crippen LogP contribution is -2.20. The number of ether oxygens (including phenoxy) is 1. The van der Waals surface area contributed by atoms with Gasteiger partial charge in [-0.25, -0.2) is 0 Å². The van der Waals surface area contributed by atoms with Crippen LogP contribution in [0.15, 0.2) is 18.2 Å². The van der Waals surface area contributed by atoms with Gasteiger partial charge in [-0.05, 0) is 36.8 Å². The fourth-order valence-electron chi connectivity index (χ4n) is 1.30. The molecule has 92 valence electrons. The second kappa shape index (κ2) is 6.17. The van der Waals surface area contributed by atoms with Crippen LogP contribution in [0, 0.1) is 6.92 Å². The predicted molar refractivity (Wildman–Crippen MR) is 72.1 cm³/mol. The third-order valence-corrected chi connectivity index (χ3v) is 2.16. The number of aryl methyl sites for hydroxylation is 1. The van der Waals surface area contributed by atoms with E-state index in [9.17, 15) is 4.79 Å². The molecule has 6 heteroatoms. The Morgan fingerprint density at radius 1 is 1.47 bits per heavy atom. The van der Waals surface area contributed by atoms with Gasteiger partial charge in [-0.2, -0.15) is 0 Å². The van der Waals surface area contributed by atoms with E-state index in [0.717, 1.165) is 11.3 Å². The monoisotopic (exact) mass is 253 g/mol. The van der Waals surface area contributed by atoms with Gasteiger partial charge in [0, 0.05) is 18.5 Å². The fourth-order valence-corrected chi connectivity index (χ4v) is 1.41. The summed E-state index contributed by atoms with van der Waals surface area (Å²) in [5.74, 6) is -0.211. The predicted octanol–water partition coefficient (Wildman–Crippen LogP) is 1.24. The lowest BCUT2D eigenvalue weighted by Gasteiger charge is -2.11. The lowest BCUT2D eigenvalue weighted by atomic mass is 10.2. The van der Waals surface area contributed by atoms with Crippen molar-refractivity contribution in [2.24, 2.45) is 5.73 Å². The first kappa shape index (κ1) is 13.4. The summed E-state index contributed by atoms with van der Waals surface area (Å²) < 4.78 is 4.73. The molecular weight excluding hydrogens is 238 g/mol. The van der Waals surface area contributed by atoms with Crippen LogP contribution in [-0.4, -0.2) is 24.7 Å². The Hall–Kier alpha value is -1.66. The van der Waals surface area contributed by atoms with Gasteiger partial charge in [0.1, 0.15) is 6.61 Å². The van der Waals surface area contributed by atoms with Crippen LogP contribution in [0.25, 0.3) is 0 Å². The standard InChI is InChI=1S/C11H15N3O2S/c1-7-3-4-8(13-10(15)6-16-2)5-9(7)14-11(12)17/h3-5H,6H2,1-2H3,(H,13,15)(H3,12,14,17). The van der Waals surface area contributed by atoms with Gasteiger partial charge in [0.25, 0.3) is 0 Å². The lowest BCUT2D eigenvalue weighted by molar-refractivity contribution is -0.119. The molecule has 0 saturated carbocycles. The van der Waals surface area contributed by atoms with Gasteiger partial charge in [0.05, 0.1) is 0 Å². The van der Waals surface area contributed by atoms with E-state index in [-0.39, 0.29) is 17.6 Å². The number of thiocarbonyl (C=S) groups is 1. The summed E-state index contributed by atoms with van der Waals surface area (Å²) in [6.45, 7) is 1.94.